The second kappa shape index (κ2) is 6.87. The van der Waals surface area contributed by atoms with Crippen LogP contribution >= 0.6 is 11.6 Å². The highest BCUT2D eigenvalue weighted by Gasteiger charge is 2.43. The van der Waals surface area contributed by atoms with Gasteiger partial charge in [0.05, 0.1) is 5.92 Å². The predicted molar refractivity (Wildman–Crippen MR) is 94.5 cm³/mol. The van der Waals surface area contributed by atoms with Crippen LogP contribution in [-0.4, -0.2) is 53.4 Å². The minimum Gasteiger partial charge on any atom is -0.490 e. The molecule has 1 aliphatic carbocycles. The second-order valence-corrected chi connectivity index (χ2v) is 7.71. The molecule has 134 valence electrons. The Morgan fingerprint density at radius 1 is 1.16 bits per heavy atom. The Morgan fingerprint density at radius 3 is 2.60 bits per heavy atom. The number of ether oxygens (including phenoxy) is 1. The number of nitrogens with zero attached hydrogens (tertiary/aromatic N) is 2. The zero-order chi connectivity index (χ0) is 17.4. The van der Waals surface area contributed by atoms with Crippen LogP contribution in [0.4, 0.5) is 0 Å². The van der Waals surface area contributed by atoms with E-state index >= 15 is 0 Å². The summed E-state index contributed by atoms with van der Waals surface area (Å²) in [6, 6.07) is 7.82. The summed E-state index contributed by atoms with van der Waals surface area (Å²) in [6.07, 6.45) is 4.30. The maximum Gasteiger partial charge on any atom is 0.227 e. The third kappa shape index (κ3) is 3.76. The summed E-state index contributed by atoms with van der Waals surface area (Å²) in [7, 11) is 0. The minimum absolute atomic E-state index is 0.107. The summed E-state index contributed by atoms with van der Waals surface area (Å²) in [4.78, 5) is 28.6. The van der Waals surface area contributed by atoms with Gasteiger partial charge in [0.25, 0.3) is 0 Å². The summed E-state index contributed by atoms with van der Waals surface area (Å²) in [5.74, 6) is 0.912. The van der Waals surface area contributed by atoms with Gasteiger partial charge in [0.2, 0.25) is 11.8 Å². The van der Waals surface area contributed by atoms with Crippen molar-refractivity contribution in [2.75, 3.05) is 19.6 Å². The van der Waals surface area contributed by atoms with E-state index in [0.29, 0.717) is 37.1 Å². The third-order valence-corrected chi connectivity index (χ3v) is 5.58. The molecule has 3 aliphatic rings. The second-order valence-electron chi connectivity index (χ2n) is 7.28. The van der Waals surface area contributed by atoms with Gasteiger partial charge in [-0.2, -0.15) is 0 Å². The van der Waals surface area contributed by atoms with Crippen LogP contribution in [0.2, 0.25) is 5.02 Å². The number of amides is 2. The van der Waals surface area contributed by atoms with Crippen molar-refractivity contribution in [1.29, 1.82) is 0 Å². The van der Waals surface area contributed by atoms with Crippen LogP contribution < -0.4 is 4.74 Å². The van der Waals surface area contributed by atoms with Crippen molar-refractivity contribution in [1.82, 2.24) is 9.80 Å². The Kier molecular flexibility index (Phi) is 4.59. The van der Waals surface area contributed by atoms with Crippen molar-refractivity contribution in [3.63, 3.8) is 0 Å². The van der Waals surface area contributed by atoms with Crippen molar-refractivity contribution >= 4 is 23.4 Å². The smallest absolute Gasteiger partial charge is 0.227 e. The first kappa shape index (κ1) is 16.7. The molecule has 0 N–H and O–H groups in total. The fraction of sp³-hybridized carbons (Fsp3) is 0.579. The van der Waals surface area contributed by atoms with Crippen molar-refractivity contribution in [2.24, 2.45) is 5.92 Å². The number of hydrogen-bond acceptors (Lipinski definition) is 3. The van der Waals surface area contributed by atoms with Gasteiger partial charge in [-0.15, -0.1) is 0 Å². The van der Waals surface area contributed by atoms with Crippen molar-refractivity contribution in [3.05, 3.63) is 29.3 Å². The highest BCUT2D eigenvalue weighted by molar-refractivity contribution is 6.30. The molecule has 2 heterocycles. The van der Waals surface area contributed by atoms with Gasteiger partial charge in [-0.25, -0.2) is 0 Å². The summed E-state index contributed by atoms with van der Waals surface area (Å²) in [5.41, 5.74) is 0. The van der Waals surface area contributed by atoms with Gasteiger partial charge in [-0.05, 0) is 31.0 Å². The molecule has 2 saturated heterocycles. The Bertz CT molecular complexity index is 668. The van der Waals surface area contributed by atoms with E-state index in [4.69, 9.17) is 16.3 Å². The molecule has 1 atom stereocenters. The lowest BCUT2D eigenvalue weighted by Crippen LogP contribution is -2.45. The highest BCUT2D eigenvalue weighted by atomic mass is 35.5. The van der Waals surface area contributed by atoms with Crippen LogP contribution in [-0.2, 0) is 9.59 Å². The van der Waals surface area contributed by atoms with Gasteiger partial charge in [-0.3, -0.25) is 9.59 Å². The molecule has 2 aliphatic heterocycles. The first-order valence-corrected chi connectivity index (χ1v) is 9.48. The topological polar surface area (TPSA) is 49.9 Å². The SMILES string of the molecule is O=C(C1CC(=O)N(C2CC2)C1)N1CCC(Oc2cccc(Cl)c2)CC1. The Morgan fingerprint density at radius 2 is 1.92 bits per heavy atom. The number of carbonyl (C=O) groups excluding carboxylic acids is 2. The number of rotatable bonds is 4. The van der Waals surface area contributed by atoms with E-state index in [1.165, 1.54) is 0 Å². The lowest BCUT2D eigenvalue weighted by atomic mass is 10.0. The molecule has 3 fully saturated rings. The number of carbonyl (C=O) groups is 2. The molecule has 0 bridgehead atoms. The monoisotopic (exact) mass is 362 g/mol. The Hall–Kier alpha value is -1.75. The molecule has 0 spiro atoms. The molecule has 2 amide bonds. The molecule has 0 radical (unpaired) electrons. The molecule has 6 heteroatoms. The van der Waals surface area contributed by atoms with Gasteiger partial charge in [0.1, 0.15) is 11.9 Å². The van der Waals surface area contributed by atoms with Gasteiger partial charge >= 0.3 is 0 Å². The molecule has 1 saturated carbocycles. The van der Waals surface area contributed by atoms with Crippen molar-refractivity contribution in [3.8, 4) is 5.75 Å². The third-order valence-electron chi connectivity index (χ3n) is 5.35. The zero-order valence-electron chi connectivity index (χ0n) is 14.2. The summed E-state index contributed by atoms with van der Waals surface area (Å²) >= 11 is 5.99. The molecular formula is C19H23ClN2O3. The van der Waals surface area contributed by atoms with Crippen LogP contribution in [0.25, 0.3) is 0 Å². The predicted octanol–water partition coefficient (Wildman–Crippen LogP) is 2.72. The molecule has 0 aromatic heterocycles. The van der Waals surface area contributed by atoms with Crippen LogP contribution in [0.5, 0.6) is 5.75 Å². The molecule has 5 nitrogen and oxygen atoms in total. The van der Waals surface area contributed by atoms with Crippen LogP contribution in [0, 0.1) is 5.92 Å². The van der Waals surface area contributed by atoms with Crippen LogP contribution in [0.15, 0.2) is 24.3 Å². The maximum absolute atomic E-state index is 12.7. The van der Waals surface area contributed by atoms with Gasteiger partial charge in [-0.1, -0.05) is 17.7 Å². The van der Waals surface area contributed by atoms with Crippen LogP contribution in [0.3, 0.4) is 0 Å². The van der Waals surface area contributed by atoms with E-state index < -0.39 is 0 Å². The van der Waals surface area contributed by atoms with Gasteiger partial charge in [0, 0.05) is 50.0 Å². The average molecular weight is 363 g/mol. The van der Waals surface area contributed by atoms with Crippen molar-refractivity contribution in [2.45, 2.75) is 44.2 Å². The van der Waals surface area contributed by atoms with E-state index in [1.807, 2.05) is 34.1 Å². The molecule has 1 unspecified atom stereocenters. The maximum atomic E-state index is 12.7. The quantitative estimate of drug-likeness (QED) is 0.827. The standard InChI is InChI=1S/C19H23ClN2O3/c20-14-2-1-3-17(11-14)25-16-6-8-21(9-7-16)19(24)13-10-18(23)22(12-13)15-4-5-15/h1-3,11,13,15-16H,4-10,12H2. The summed E-state index contributed by atoms with van der Waals surface area (Å²) in [5, 5.41) is 0.663. The molecular weight excluding hydrogens is 340 g/mol. The average Bonchev–Trinajstić information content (AvgIpc) is 3.37. The van der Waals surface area contributed by atoms with E-state index in [1.54, 1.807) is 0 Å². The number of benzene rings is 1. The fourth-order valence-corrected chi connectivity index (χ4v) is 4.00. The van der Waals surface area contributed by atoms with E-state index in [-0.39, 0.29) is 23.8 Å². The minimum atomic E-state index is -0.154. The Labute approximate surface area is 152 Å². The molecule has 25 heavy (non-hydrogen) atoms. The lowest BCUT2D eigenvalue weighted by molar-refractivity contribution is -0.137. The van der Waals surface area contributed by atoms with Crippen LogP contribution in [0.1, 0.15) is 32.1 Å². The fourth-order valence-electron chi connectivity index (χ4n) is 3.82. The molecule has 1 aromatic carbocycles. The normalized spacial score (nSPS) is 24.7. The van der Waals surface area contributed by atoms with Gasteiger partial charge in [0.15, 0.2) is 0 Å². The highest BCUT2D eigenvalue weighted by Crippen LogP contribution is 2.33. The zero-order valence-corrected chi connectivity index (χ0v) is 15.0. The number of piperidine rings is 1. The first-order chi connectivity index (χ1) is 12.1. The van der Waals surface area contributed by atoms with E-state index in [0.717, 1.165) is 31.4 Å². The summed E-state index contributed by atoms with van der Waals surface area (Å²) in [6.45, 7) is 2.00. The largest absolute Gasteiger partial charge is 0.490 e. The van der Waals surface area contributed by atoms with Gasteiger partial charge < -0.3 is 14.5 Å². The molecule has 1 aromatic rings. The molecule has 4 rings (SSSR count). The number of likely N-dealkylation sites (tertiary alicyclic amines) is 2. The van der Waals surface area contributed by atoms with E-state index in [9.17, 15) is 9.59 Å². The lowest BCUT2D eigenvalue weighted by Gasteiger charge is -2.33. The summed E-state index contributed by atoms with van der Waals surface area (Å²) < 4.78 is 5.98. The number of hydrogen-bond donors (Lipinski definition) is 0. The Balaban J connectivity index is 1.28. The van der Waals surface area contributed by atoms with Crippen molar-refractivity contribution < 1.29 is 14.3 Å². The number of halogens is 1. The first-order valence-electron chi connectivity index (χ1n) is 9.10. The van der Waals surface area contributed by atoms with E-state index in [2.05, 4.69) is 0 Å².